The number of nitrogens with one attached hydrogen (secondary N) is 2. The molecule has 0 amide bonds. The van der Waals surface area contributed by atoms with Gasteiger partial charge in [-0.1, -0.05) is 0 Å². The van der Waals surface area contributed by atoms with E-state index < -0.39 is 29.4 Å². The molecule has 0 radical (unpaired) electrons. The standard InChI is InChI=1S/C16H26N4O8S/c1-25-12(21)8-6-10(14(23)27-3)17-19-16(29-5)20-18-11(15(24)28-4)7-9-13(22)26-2/h16,19-20H,6-9H2,1-5H3/b17-10+,18-11+. The summed E-state index contributed by atoms with van der Waals surface area (Å²) in [5.74, 6) is -2.42. The second-order valence-corrected chi connectivity index (χ2v) is 6.07. The van der Waals surface area contributed by atoms with Gasteiger partial charge in [0.05, 0.1) is 41.3 Å². The molecule has 0 aromatic heterocycles. The molecular formula is C16H26N4O8S. The van der Waals surface area contributed by atoms with Gasteiger partial charge < -0.3 is 18.9 Å². The normalized spacial score (nSPS) is 11.5. The third-order valence-corrected chi connectivity index (χ3v) is 3.98. The SMILES string of the molecule is COC(=O)CC/C(=N\NC(N/N=C(\CCC(=O)OC)C(=O)OC)SC)C(=O)OC. The van der Waals surface area contributed by atoms with Crippen molar-refractivity contribution in [2.24, 2.45) is 10.2 Å². The first-order chi connectivity index (χ1) is 13.8. The van der Waals surface area contributed by atoms with Crippen molar-refractivity contribution in [1.82, 2.24) is 10.9 Å². The summed E-state index contributed by atoms with van der Waals surface area (Å²) in [4.78, 5) is 46.1. The molecule has 164 valence electrons. The number of hydrogen-bond acceptors (Lipinski definition) is 13. The van der Waals surface area contributed by atoms with Crippen molar-refractivity contribution in [1.29, 1.82) is 0 Å². The molecule has 0 saturated heterocycles. The molecule has 0 aliphatic heterocycles. The van der Waals surface area contributed by atoms with Crippen molar-refractivity contribution in [3.63, 3.8) is 0 Å². The van der Waals surface area contributed by atoms with Crippen LogP contribution in [0.3, 0.4) is 0 Å². The second-order valence-electron chi connectivity index (χ2n) is 5.13. The highest BCUT2D eigenvalue weighted by Gasteiger charge is 2.17. The van der Waals surface area contributed by atoms with E-state index in [-0.39, 0.29) is 37.1 Å². The number of hydrogen-bond donors (Lipinski definition) is 2. The Kier molecular flexibility index (Phi) is 13.7. The van der Waals surface area contributed by atoms with Crippen molar-refractivity contribution >= 4 is 47.1 Å². The highest BCUT2D eigenvalue weighted by molar-refractivity contribution is 7.99. The lowest BCUT2D eigenvalue weighted by Crippen LogP contribution is -2.36. The summed E-state index contributed by atoms with van der Waals surface area (Å²) in [6.07, 6.45) is 1.62. The van der Waals surface area contributed by atoms with Gasteiger partial charge in [0.1, 0.15) is 11.4 Å². The lowest BCUT2D eigenvalue weighted by Gasteiger charge is -2.15. The first kappa shape index (κ1) is 26.2. The molecule has 13 heteroatoms. The van der Waals surface area contributed by atoms with Crippen molar-refractivity contribution in [2.45, 2.75) is 31.2 Å². The third-order valence-electron chi connectivity index (χ3n) is 3.30. The molecule has 29 heavy (non-hydrogen) atoms. The number of methoxy groups -OCH3 is 4. The molecule has 0 rings (SSSR count). The van der Waals surface area contributed by atoms with E-state index in [2.05, 4.69) is 40.0 Å². The minimum Gasteiger partial charge on any atom is -0.469 e. The summed E-state index contributed by atoms with van der Waals surface area (Å²) in [6, 6.07) is 0. The van der Waals surface area contributed by atoms with Gasteiger partial charge in [-0.3, -0.25) is 20.4 Å². The fourth-order valence-corrected chi connectivity index (χ4v) is 2.01. The molecule has 0 spiro atoms. The average molecular weight is 434 g/mol. The summed E-state index contributed by atoms with van der Waals surface area (Å²) in [6.45, 7) is 0. The molecular weight excluding hydrogens is 408 g/mol. The van der Waals surface area contributed by atoms with E-state index in [4.69, 9.17) is 0 Å². The number of carbonyl (C=O) groups is 4. The van der Waals surface area contributed by atoms with Crippen LogP contribution >= 0.6 is 11.8 Å². The number of thioether (sulfide) groups is 1. The Hall–Kier alpha value is -2.83. The molecule has 0 heterocycles. The van der Waals surface area contributed by atoms with E-state index in [1.165, 1.54) is 40.2 Å². The summed E-state index contributed by atoms with van der Waals surface area (Å²) in [5.41, 5.74) is 4.60. The van der Waals surface area contributed by atoms with Crippen LogP contribution in [0.5, 0.6) is 0 Å². The maximum Gasteiger partial charge on any atom is 0.354 e. The molecule has 0 atom stereocenters. The second kappa shape index (κ2) is 15.1. The van der Waals surface area contributed by atoms with E-state index in [0.29, 0.717) is 0 Å². The van der Waals surface area contributed by atoms with Gasteiger partial charge >= 0.3 is 23.9 Å². The van der Waals surface area contributed by atoms with Crippen molar-refractivity contribution < 1.29 is 38.1 Å². The maximum atomic E-state index is 11.8. The molecule has 0 bridgehead atoms. The Morgan fingerprint density at radius 1 is 0.724 bits per heavy atom. The lowest BCUT2D eigenvalue weighted by molar-refractivity contribution is -0.141. The Morgan fingerprint density at radius 3 is 1.38 bits per heavy atom. The zero-order valence-electron chi connectivity index (χ0n) is 17.0. The predicted octanol–water partition coefficient (Wildman–Crippen LogP) is -0.223. The number of esters is 4. The van der Waals surface area contributed by atoms with Crippen LogP contribution in [-0.4, -0.2) is 75.5 Å². The van der Waals surface area contributed by atoms with Gasteiger partial charge in [0.2, 0.25) is 0 Å². The van der Waals surface area contributed by atoms with Gasteiger partial charge in [-0.2, -0.15) is 10.2 Å². The molecule has 2 N–H and O–H groups in total. The predicted molar refractivity (Wildman–Crippen MR) is 105 cm³/mol. The Labute approximate surface area is 172 Å². The van der Waals surface area contributed by atoms with Gasteiger partial charge in [0, 0.05) is 12.8 Å². The topological polar surface area (TPSA) is 154 Å². The van der Waals surface area contributed by atoms with Gasteiger partial charge in [-0.05, 0) is 6.26 Å². The van der Waals surface area contributed by atoms with E-state index >= 15 is 0 Å². The van der Waals surface area contributed by atoms with E-state index in [1.807, 2.05) is 0 Å². The van der Waals surface area contributed by atoms with Crippen LogP contribution in [0.15, 0.2) is 10.2 Å². The monoisotopic (exact) mass is 434 g/mol. The molecule has 12 nitrogen and oxygen atoms in total. The highest BCUT2D eigenvalue weighted by Crippen LogP contribution is 2.03. The minimum atomic E-state index is -0.710. The van der Waals surface area contributed by atoms with Crippen LogP contribution in [0.2, 0.25) is 0 Å². The number of hydrazone groups is 2. The molecule has 0 unspecified atom stereocenters. The molecule has 0 aliphatic rings. The number of carbonyl (C=O) groups excluding carboxylic acids is 4. The Balaban J connectivity index is 5.13. The van der Waals surface area contributed by atoms with E-state index in [0.717, 1.165) is 0 Å². The highest BCUT2D eigenvalue weighted by atomic mass is 32.2. The molecule has 0 aliphatic carbocycles. The zero-order chi connectivity index (χ0) is 22.2. The average Bonchev–Trinajstić information content (AvgIpc) is 2.75. The lowest BCUT2D eigenvalue weighted by atomic mass is 10.2. The van der Waals surface area contributed by atoms with Crippen LogP contribution in [0.1, 0.15) is 25.7 Å². The van der Waals surface area contributed by atoms with Crippen LogP contribution < -0.4 is 10.9 Å². The van der Waals surface area contributed by atoms with Crippen LogP contribution in [-0.2, 0) is 38.1 Å². The fraction of sp³-hybridized carbons (Fsp3) is 0.625. The van der Waals surface area contributed by atoms with E-state index in [9.17, 15) is 19.2 Å². The van der Waals surface area contributed by atoms with E-state index in [1.54, 1.807) is 6.26 Å². The first-order valence-corrected chi connectivity index (χ1v) is 9.58. The van der Waals surface area contributed by atoms with Crippen LogP contribution in [0.25, 0.3) is 0 Å². The molecule has 0 fully saturated rings. The first-order valence-electron chi connectivity index (χ1n) is 8.30. The smallest absolute Gasteiger partial charge is 0.354 e. The summed E-state index contributed by atoms with van der Waals surface area (Å²) < 4.78 is 18.3. The largest absolute Gasteiger partial charge is 0.469 e. The van der Waals surface area contributed by atoms with Gasteiger partial charge in [-0.15, -0.1) is 11.8 Å². The summed E-state index contributed by atoms with van der Waals surface area (Å²) in [7, 11) is 4.85. The van der Waals surface area contributed by atoms with Gasteiger partial charge in [0.15, 0.2) is 5.50 Å². The molecule has 0 aromatic carbocycles. The maximum absolute atomic E-state index is 11.8. The number of ether oxygens (including phenoxy) is 4. The van der Waals surface area contributed by atoms with Crippen molar-refractivity contribution in [3.8, 4) is 0 Å². The van der Waals surface area contributed by atoms with Gasteiger partial charge in [-0.25, -0.2) is 9.59 Å². The van der Waals surface area contributed by atoms with Gasteiger partial charge in [0.25, 0.3) is 0 Å². The third kappa shape index (κ3) is 10.9. The number of nitrogens with zero attached hydrogens (tertiary/aromatic N) is 2. The Bertz CT molecular complexity index is 586. The number of rotatable bonds is 13. The zero-order valence-corrected chi connectivity index (χ0v) is 17.8. The molecule has 0 aromatic rings. The quantitative estimate of drug-likeness (QED) is 0.130. The fourth-order valence-electron chi connectivity index (χ4n) is 1.70. The van der Waals surface area contributed by atoms with Crippen molar-refractivity contribution in [3.05, 3.63) is 0 Å². The summed E-state index contributed by atoms with van der Waals surface area (Å²) >= 11 is 1.23. The summed E-state index contributed by atoms with van der Waals surface area (Å²) in [5, 5.41) is 7.89. The van der Waals surface area contributed by atoms with Crippen molar-refractivity contribution in [2.75, 3.05) is 34.7 Å². The molecule has 0 saturated carbocycles. The van der Waals surface area contributed by atoms with Crippen LogP contribution in [0.4, 0.5) is 0 Å². The van der Waals surface area contributed by atoms with Crippen LogP contribution in [0, 0.1) is 0 Å². The Morgan fingerprint density at radius 2 is 1.10 bits per heavy atom. The minimum absolute atomic E-state index is 0.00323.